The van der Waals surface area contributed by atoms with Gasteiger partial charge in [-0.15, -0.1) is 0 Å². The zero-order valence-electron chi connectivity index (χ0n) is 17.0. The van der Waals surface area contributed by atoms with Crippen molar-refractivity contribution in [2.24, 2.45) is 11.8 Å². The summed E-state index contributed by atoms with van der Waals surface area (Å²) in [6.07, 6.45) is 3.93. The maximum absolute atomic E-state index is 13.2. The Labute approximate surface area is 176 Å². The minimum atomic E-state index is -0.272. The first-order valence-corrected chi connectivity index (χ1v) is 10.6. The summed E-state index contributed by atoms with van der Waals surface area (Å²) in [5.74, 6) is -0.673. The van der Waals surface area contributed by atoms with Crippen LogP contribution in [0.5, 0.6) is 0 Å². The quantitative estimate of drug-likeness (QED) is 0.691. The summed E-state index contributed by atoms with van der Waals surface area (Å²) >= 11 is 0. The van der Waals surface area contributed by atoms with Crippen molar-refractivity contribution in [1.29, 1.82) is 0 Å². The lowest BCUT2D eigenvalue weighted by Gasteiger charge is -2.27. The van der Waals surface area contributed by atoms with E-state index in [9.17, 15) is 18.4 Å². The number of halogens is 2. The Bertz CT molecular complexity index is 792. The molecule has 0 aromatic heterocycles. The lowest BCUT2D eigenvalue weighted by atomic mass is 9.81. The molecular weight excluding hydrogens is 386 g/mol. The number of benzene rings is 2. The fraction of sp³-hybridized carbons (Fsp3) is 0.417. The van der Waals surface area contributed by atoms with Gasteiger partial charge in [-0.25, -0.2) is 8.78 Å². The van der Waals surface area contributed by atoms with Crippen LogP contribution in [0.15, 0.2) is 48.5 Å². The summed E-state index contributed by atoms with van der Waals surface area (Å²) in [7, 11) is 0. The van der Waals surface area contributed by atoms with Gasteiger partial charge in [0.15, 0.2) is 0 Å². The minimum absolute atomic E-state index is 0.0105. The molecule has 2 N–H and O–H groups in total. The SMILES string of the molecule is O=C(NCCc1cccc(F)c1)C1CCC(C(=O)NCCc2cccc(F)c2)CC1. The highest BCUT2D eigenvalue weighted by Gasteiger charge is 2.29. The molecule has 4 nitrogen and oxygen atoms in total. The Balaban J connectivity index is 1.33. The Morgan fingerprint density at radius 2 is 1.13 bits per heavy atom. The molecule has 0 atom stereocenters. The van der Waals surface area contributed by atoms with E-state index in [2.05, 4.69) is 10.6 Å². The number of carbonyl (C=O) groups is 2. The summed E-state index contributed by atoms with van der Waals surface area (Å²) in [5.41, 5.74) is 1.71. The number of rotatable bonds is 8. The lowest BCUT2D eigenvalue weighted by molar-refractivity contribution is -0.130. The van der Waals surface area contributed by atoms with Crippen LogP contribution in [-0.2, 0) is 22.4 Å². The van der Waals surface area contributed by atoms with Gasteiger partial charge in [0.25, 0.3) is 0 Å². The van der Waals surface area contributed by atoms with Crippen molar-refractivity contribution in [2.45, 2.75) is 38.5 Å². The molecule has 0 radical (unpaired) electrons. The molecule has 2 aromatic rings. The monoisotopic (exact) mass is 414 g/mol. The number of nitrogens with one attached hydrogen (secondary N) is 2. The maximum Gasteiger partial charge on any atom is 0.223 e. The first-order chi connectivity index (χ1) is 14.5. The van der Waals surface area contributed by atoms with Crippen LogP contribution in [-0.4, -0.2) is 24.9 Å². The molecule has 1 aliphatic carbocycles. The van der Waals surface area contributed by atoms with Gasteiger partial charge in [0.2, 0.25) is 11.8 Å². The molecule has 0 unspecified atom stereocenters. The standard InChI is InChI=1S/C24H28F2N2O2/c25-21-5-1-3-17(15-21)11-13-27-23(29)19-7-9-20(10-8-19)24(30)28-14-12-18-4-2-6-22(26)16-18/h1-6,15-16,19-20H,7-14H2,(H,27,29)(H,28,30). The van der Waals surface area contributed by atoms with E-state index in [1.54, 1.807) is 12.1 Å². The zero-order valence-corrected chi connectivity index (χ0v) is 17.0. The fourth-order valence-corrected chi connectivity index (χ4v) is 3.95. The topological polar surface area (TPSA) is 58.2 Å². The van der Waals surface area contributed by atoms with Gasteiger partial charge in [-0.1, -0.05) is 24.3 Å². The van der Waals surface area contributed by atoms with Crippen molar-refractivity contribution in [1.82, 2.24) is 10.6 Å². The zero-order chi connectivity index (χ0) is 21.3. The Kier molecular flexibility index (Phi) is 7.94. The summed E-state index contributed by atoms with van der Waals surface area (Å²) in [5, 5.41) is 5.86. The smallest absolute Gasteiger partial charge is 0.223 e. The van der Waals surface area contributed by atoms with Gasteiger partial charge in [0.1, 0.15) is 11.6 Å². The molecule has 6 heteroatoms. The number of hydrogen-bond donors (Lipinski definition) is 2. The Morgan fingerprint density at radius 1 is 0.733 bits per heavy atom. The maximum atomic E-state index is 13.2. The molecule has 1 fully saturated rings. The number of amides is 2. The lowest BCUT2D eigenvalue weighted by Crippen LogP contribution is -2.38. The first kappa shape index (κ1) is 21.9. The second-order valence-electron chi connectivity index (χ2n) is 7.89. The summed E-state index contributed by atoms with van der Waals surface area (Å²) in [4.78, 5) is 24.7. The van der Waals surface area contributed by atoms with Crippen LogP contribution in [0.1, 0.15) is 36.8 Å². The van der Waals surface area contributed by atoms with Crippen LogP contribution in [0.3, 0.4) is 0 Å². The average molecular weight is 414 g/mol. The highest BCUT2D eigenvalue weighted by atomic mass is 19.1. The van der Waals surface area contributed by atoms with Gasteiger partial charge in [-0.2, -0.15) is 0 Å². The molecule has 0 saturated heterocycles. The second kappa shape index (κ2) is 10.9. The fourth-order valence-electron chi connectivity index (χ4n) is 3.95. The van der Waals surface area contributed by atoms with E-state index in [-0.39, 0.29) is 35.3 Å². The van der Waals surface area contributed by atoms with E-state index in [0.717, 1.165) is 11.1 Å². The highest BCUT2D eigenvalue weighted by molar-refractivity contribution is 5.81. The molecule has 0 heterocycles. The van der Waals surface area contributed by atoms with E-state index in [1.807, 2.05) is 12.1 Å². The van der Waals surface area contributed by atoms with Crippen molar-refractivity contribution < 1.29 is 18.4 Å². The van der Waals surface area contributed by atoms with Crippen LogP contribution in [0, 0.1) is 23.5 Å². The normalized spacial score (nSPS) is 18.6. The van der Waals surface area contributed by atoms with Crippen LogP contribution in [0.4, 0.5) is 8.78 Å². The van der Waals surface area contributed by atoms with Gasteiger partial charge in [-0.3, -0.25) is 9.59 Å². The number of carbonyl (C=O) groups excluding carboxylic acids is 2. The van der Waals surface area contributed by atoms with E-state index in [4.69, 9.17) is 0 Å². The third-order valence-corrected chi connectivity index (χ3v) is 5.67. The van der Waals surface area contributed by atoms with E-state index < -0.39 is 0 Å². The third kappa shape index (κ3) is 6.65. The minimum Gasteiger partial charge on any atom is -0.356 e. The van der Waals surface area contributed by atoms with Crippen molar-refractivity contribution >= 4 is 11.8 Å². The van der Waals surface area contributed by atoms with Crippen molar-refractivity contribution in [3.05, 3.63) is 71.3 Å². The van der Waals surface area contributed by atoms with Crippen molar-refractivity contribution in [3.8, 4) is 0 Å². The first-order valence-electron chi connectivity index (χ1n) is 10.6. The molecule has 2 aromatic carbocycles. The Morgan fingerprint density at radius 3 is 1.50 bits per heavy atom. The van der Waals surface area contributed by atoms with E-state index in [1.165, 1.54) is 24.3 Å². The largest absolute Gasteiger partial charge is 0.356 e. The number of hydrogen-bond acceptors (Lipinski definition) is 2. The van der Waals surface area contributed by atoms with Crippen LogP contribution < -0.4 is 10.6 Å². The molecule has 2 amide bonds. The van der Waals surface area contributed by atoms with Gasteiger partial charge < -0.3 is 10.6 Å². The van der Waals surface area contributed by atoms with Gasteiger partial charge in [0, 0.05) is 24.9 Å². The molecule has 0 spiro atoms. The van der Waals surface area contributed by atoms with Gasteiger partial charge in [0.05, 0.1) is 0 Å². The van der Waals surface area contributed by atoms with Gasteiger partial charge >= 0.3 is 0 Å². The predicted octanol–water partition coefficient (Wildman–Crippen LogP) is 3.79. The molecule has 1 aliphatic rings. The average Bonchev–Trinajstić information content (AvgIpc) is 2.74. The molecular formula is C24H28F2N2O2. The molecule has 0 aliphatic heterocycles. The van der Waals surface area contributed by atoms with Crippen LogP contribution in [0.25, 0.3) is 0 Å². The van der Waals surface area contributed by atoms with E-state index >= 15 is 0 Å². The van der Waals surface area contributed by atoms with Crippen LogP contribution in [0.2, 0.25) is 0 Å². The molecule has 30 heavy (non-hydrogen) atoms. The van der Waals surface area contributed by atoms with Gasteiger partial charge in [-0.05, 0) is 73.9 Å². The van der Waals surface area contributed by atoms with E-state index in [0.29, 0.717) is 51.6 Å². The molecule has 3 rings (SSSR count). The summed E-state index contributed by atoms with van der Waals surface area (Å²) < 4.78 is 26.4. The highest BCUT2D eigenvalue weighted by Crippen LogP contribution is 2.29. The van der Waals surface area contributed by atoms with Crippen molar-refractivity contribution in [3.63, 3.8) is 0 Å². The third-order valence-electron chi connectivity index (χ3n) is 5.67. The molecule has 160 valence electrons. The molecule has 0 bridgehead atoms. The Hall–Kier alpha value is -2.76. The van der Waals surface area contributed by atoms with Crippen molar-refractivity contribution in [2.75, 3.05) is 13.1 Å². The second-order valence-corrected chi connectivity index (χ2v) is 7.89. The summed E-state index contributed by atoms with van der Waals surface area (Å²) in [6.45, 7) is 0.950. The van der Waals surface area contributed by atoms with Crippen LogP contribution >= 0.6 is 0 Å². The molecule has 1 saturated carbocycles. The predicted molar refractivity (Wildman–Crippen MR) is 112 cm³/mol. The summed E-state index contributed by atoms with van der Waals surface area (Å²) in [6, 6.07) is 12.8.